The summed E-state index contributed by atoms with van der Waals surface area (Å²) in [5, 5.41) is 0.372. The molecule has 1 aliphatic heterocycles. The van der Waals surface area contributed by atoms with Crippen molar-refractivity contribution < 1.29 is 13.6 Å². The Hall–Kier alpha value is -1.16. The number of rotatable bonds is 2. The number of benzene rings is 1. The molecule has 0 unspecified atom stereocenters. The number of alkyl halides is 2. The van der Waals surface area contributed by atoms with E-state index in [1.807, 2.05) is 19.9 Å². The molecule has 1 aromatic carbocycles. The third kappa shape index (κ3) is 3.29. The quantitative estimate of drug-likeness (QED) is 0.796. The highest BCUT2D eigenvalue weighted by atomic mass is 35.5. The topological polar surface area (TPSA) is 20.3 Å². The van der Waals surface area contributed by atoms with Gasteiger partial charge in [-0.05, 0) is 23.6 Å². The summed E-state index contributed by atoms with van der Waals surface area (Å²) in [6.45, 7) is 4.21. The second kappa shape index (κ2) is 5.68. The Morgan fingerprint density at radius 1 is 1.30 bits per heavy atom. The van der Waals surface area contributed by atoms with E-state index in [0.717, 1.165) is 5.56 Å². The molecular weight excluding hydrogens is 284 g/mol. The summed E-state index contributed by atoms with van der Waals surface area (Å²) in [6.07, 6.45) is -0.555. The van der Waals surface area contributed by atoms with Crippen molar-refractivity contribution in [2.45, 2.75) is 38.5 Å². The van der Waals surface area contributed by atoms with Gasteiger partial charge in [0.15, 0.2) is 0 Å². The van der Waals surface area contributed by atoms with Gasteiger partial charge in [0.25, 0.3) is 11.8 Å². The number of hydrogen-bond donors (Lipinski definition) is 0. The summed E-state index contributed by atoms with van der Waals surface area (Å²) in [5.41, 5.74) is 1.42. The Labute approximate surface area is 122 Å². The van der Waals surface area contributed by atoms with E-state index in [2.05, 4.69) is 0 Å². The Bertz CT molecular complexity index is 507. The highest BCUT2D eigenvalue weighted by Crippen LogP contribution is 2.30. The van der Waals surface area contributed by atoms with Crippen molar-refractivity contribution in [1.29, 1.82) is 0 Å². The van der Waals surface area contributed by atoms with Crippen molar-refractivity contribution in [2.75, 3.05) is 13.1 Å². The molecule has 5 heteroatoms. The molecule has 20 heavy (non-hydrogen) atoms. The second-order valence-electron chi connectivity index (χ2n) is 5.54. The van der Waals surface area contributed by atoms with Crippen molar-refractivity contribution in [3.63, 3.8) is 0 Å². The number of carbonyl (C=O) groups is 1. The lowest BCUT2D eigenvalue weighted by molar-refractivity contribution is -0.0494. The van der Waals surface area contributed by atoms with Gasteiger partial charge in [0.2, 0.25) is 0 Å². The summed E-state index contributed by atoms with van der Waals surface area (Å²) in [5.74, 6) is -2.63. The van der Waals surface area contributed by atoms with Gasteiger partial charge >= 0.3 is 0 Å². The molecule has 1 saturated heterocycles. The average Bonchev–Trinajstić information content (AvgIpc) is 2.38. The smallest absolute Gasteiger partial charge is 0.255 e. The number of piperidine rings is 1. The zero-order chi connectivity index (χ0) is 14.9. The van der Waals surface area contributed by atoms with E-state index in [9.17, 15) is 13.6 Å². The second-order valence-corrected chi connectivity index (χ2v) is 5.95. The Balaban J connectivity index is 2.19. The fraction of sp³-hybridized carbons (Fsp3) is 0.533. The molecule has 0 saturated carbocycles. The Morgan fingerprint density at radius 2 is 1.90 bits per heavy atom. The summed E-state index contributed by atoms with van der Waals surface area (Å²) < 4.78 is 26.3. The molecule has 1 fully saturated rings. The lowest BCUT2D eigenvalue weighted by Gasteiger charge is -2.32. The lowest BCUT2D eigenvalue weighted by Crippen LogP contribution is -2.42. The molecule has 1 heterocycles. The van der Waals surface area contributed by atoms with Crippen molar-refractivity contribution in [1.82, 2.24) is 4.90 Å². The number of halogens is 3. The molecule has 1 amide bonds. The minimum atomic E-state index is -2.65. The predicted molar refractivity (Wildman–Crippen MR) is 75.6 cm³/mol. The van der Waals surface area contributed by atoms with Gasteiger partial charge in [0.05, 0.1) is 10.6 Å². The van der Waals surface area contributed by atoms with E-state index in [-0.39, 0.29) is 37.8 Å². The van der Waals surface area contributed by atoms with Crippen molar-refractivity contribution in [3.05, 3.63) is 34.3 Å². The van der Waals surface area contributed by atoms with Crippen LogP contribution in [0.3, 0.4) is 0 Å². The summed E-state index contributed by atoms with van der Waals surface area (Å²) in [6, 6.07) is 5.35. The molecule has 1 aromatic rings. The van der Waals surface area contributed by atoms with Crippen LogP contribution in [-0.2, 0) is 0 Å². The minimum absolute atomic E-state index is 0.0774. The molecule has 0 bridgehead atoms. The highest BCUT2D eigenvalue weighted by molar-refractivity contribution is 6.33. The maximum atomic E-state index is 13.1. The molecule has 1 aliphatic rings. The summed E-state index contributed by atoms with van der Waals surface area (Å²) in [7, 11) is 0. The average molecular weight is 302 g/mol. The van der Waals surface area contributed by atoms with Crippen molar-refractivity contribution >= 4 is 17.5 Å². The van der Waals surface area contributed by atoms with Crippen LogP contribution in [0.4, 0.5) is 8.78 Å². The first-order chi connectivity index (χ1) is 9.30. The third-order valence-electron chi connectivity index (χ3n) is 3.67. The molecule has 0 N–H and O–H groups in total. The van der Waals surface area contributed by atoms with Gasteiger partial charge in [0.1, 0.15) is 0 Å². The van der Waals surface area contributed by atoms with Crippen LogP contribution >= 0.6 is 11.6 Å². The number of carbonyl (C=O) groups excluding carboxylic acids is 1. The number of hydrogen-bond acceptors (Lipinski definition) is 1. The molecule has 0 atom stereocenters. The van der Waals surface area contributed by atoms with Gasteiger partial charge in [-0.1, -0.05) is 31.5 Å². The van der Waals surface area contributed by atoms with Gasteiger partial charge in [0, 0.05) is 25.9 Å². The van der Waals surface area contributed by atoms with Gasteiger partial charge in [-0.3, -0.25) is 4.79 Å². The van der Waals surface area contributed by atoms with Crippen molar-refractivity contribution in [3.8, 4) is 0 Å². The van der Waals surface area contributed by atoms with Crippen LogP contribution in [0.25, 0.3) is 0 Å². The SMILES string of the molecule is CC(C)c1ccc(Cl)c(C(=O)N2CCC(F)(F)CC2)c1. The first-order valence-corrected chi connectivity index (χ1v) is 7.14. The fourth-order valence-corrected chi connectivity index (χ4v) is 2.47. The van der Waals surface area contributed by atoms with E-state index in [0.29, 0.717) is 10.6 Å². The lowest BCUT2D eigenvalue weighted by atomic mass is 9.99. The number of likely N-dealkylation sites (tertiary alicyclic amines) is 1. The first-order valence-electron chi connectivity index (χ1n) is 6.77. The maximum Gasteiger partial charge on any atom is 0.255 e. The molecular formula is C15H18ClF2NO. The molecule has 0 radical (unpaired) electrons. The normalized spacial score (nSPS) is 18.4. The van der Waals surface area contributed by atoms with Crippen LogP contribution in [0.15, 0.2) is 18.2 Å². The Morgan fingerprint density at radius 3 is 2.45 bits per heavy atom. The van der Waals surface area contributed by atoms with E-state index in [4.69, 9.17) is 11.6 Å². The molecule has 0 aliphatic carbocycles. The van der Waals surface area contributed by atoms with E-state index in [1.54, 1.807) is 12.1 Å². The van der Waals surface area contributed by atoms with Crippen LogP contribution < -0.4 is 0 Å². The Kier molecular flexibility index (Phi) is 4.33. The standard InChI is InChI=1S/C15H18ClF2NO/c1-10(2)11-3-4-13(16)12(9-11)14(20)19-7-5-15(17,18)6-8-19/h3-4,9-10H,5-8H2,1-2H3. The van der Waals surface area contributed by atoms with Gasteiger partial charge in [-0.25, -0.2) is 8.78 Å². The zero-order valence-electron chi connectivity index (χ0n) is 11.6. The first kappa shape index (κ1) is 15.2. The van der Waals surface area contributed by atoms with Gasteiger partial charge in [-0.2, -0.15) is 0 Å². The summed E-state index contributed by atoms with van der Waals surface area (Å²) >= 11 is 6.08. The van der Waals surface area contributed by atoms with Crippen LogP contribution in [0.2, 0.25) is 5.02 Å². The molecule has 2 rings (SSSR count). The number of nitrogens with zero attached hydrogens (tertiary/aromatic N) is 1. The maximum absolute atomic E-state index is 13.1. The monoisotopic (exact) mass is 301 g/mol. The van der Waals surface area contributed by atoms with Crippen LogP contribution in [-0.4, -0.2) is 29.8 Å². The third-order valence-corrected chi connectivity index (χ3v) is 4.00. The largest absolute Gasteiger partial charge is 0.338 e. The van der Waals surface area contributed by atoms with Gasteiger partial charge in [-0.15, -0.1) is 0 Å². The highest BCUT2D eigenvalue weighted by Gasteiger charge is 2.36. The van der Waals surface area contributed by atoms with E-state index in [1.165, 1.54) is 4.90 Å². The molecule has 0 spiro atoms. The van der Waals surface area contributed by atoms with Crippen LogP contribution in [0.1, 0.15) is 48.5 Å². The van der Waals surface area contributed by atoms with Crippen LogP contribution in [0.5, 0.6) is 0 Å². The van der Waals surface area contributed by atoms with Gasteiger partial charge < -0.3 is 4.90 Å². The van der Waals surface area contributed by atoms with Crippen molar-refractivity contribution in [2.24, 2.45) is 0 Å². The van der Waals surface area contributed by atoms with E-state index >= 15 is 0 Å². The van der Waals surface area contributed by atoms with E-state index < -0.39 is 5.92 Å². The molecule has 2 nitrogen and oxygen atoms in total. The zero-order valence-corrected chi connectivity index (χ0v) is 12.4. The van der Waals surface area contributed by atoms with Crippen LogP contribution in [0, 0.1) is 0 Å². The predicted octanol–water partition coefficient (Wildman–Crippen LogP) is 4.33. The summed E-state index contributed by atoms with van der Waals surface area (Å²) in [4.78, 5) is 13.9. The minimum Gasteiger partial charge on any atom is -0.338 e. The molecule has 0 aromatic heterocycles. The number of amides is 1. The molecule has 110 valence electrons. The fourth-order valence-electron chi connectivity index (χ4n) is 2.27.